The molecule has 1 aliphatic heterocycles. The molecule has 1 fully saturated rings. The van der Waals surface area contributed by atoms with E-state index < -0.39 is 12.0 Å². The van der Waals surface area contributed by atoms with Gasteiger partial charge in [0.2, 0.25) is 0 Å². The van der Waals surface area contributed by atoms with Crippen LogP contribution in [-0.2, 0) is 11.3 Å². The molecule has 3 N–H and O–H groups in total. The van der Waals surface area contributed by atoms with E-state index in [1.54, 1.807) is 24.3 Å². The molecule has 5 heteroatoms. The van der Waals surface area contributed by atoms with E-state index in [0.29, 0.717) is 25.1 Å². The van der Waals surface area contributed by atoms with Crippen LogP contribution >= 0.6 is 0 Å². The summed E-state index contributed by atoms with van der Waals surface area (Å²) in [5.74, 6) is -1.14. The summed E-state index contributed by atoms with van der Waals surface area (Å²) < 4.78 is 0. The normalized spacial score (nSPS) is 19.2. The van der Waals surface area contributed by atoms with E-state index in [2.05, 4.69) is 0 Å². The third-order valence-corrected chi connectivity index (χ3v) is 3.49. The first kappa shape index (κ1) is 13.5. The molecule has 0 aliphatic carbocycles. The zero-order valence-corrected chi connectivity index (χ0v) is 10.7. The van der Waals surface area contributed by atoms with Gasteiger partial charge in [-0.2, -0.15) is 0 Å². The summed E-state index contributed by atoms with van der Waals surface area (Å²) in [6, 6.07) is 6.31. The van der Waals surface area contributed by atoms with Crippen molar-refractivity contribution in [2.75, 3.05) is 6.54 Å². The van der Waals surface area contributed by atoms with Crippen molar-refractivity contribution in [3.05, 3.63) is 35.4 Å². The highest BCUT2D eigenvalue weighted by molar-refractivity contribution is 5.96. The number of hydrogen-bond donors (Lipinski definition) is 2. The first-order valence-electron chi connectivity index (χ1n) is 6.46. The molecular formula is C14H18N2O3. The van der Waals surface area contributed by atoms with Gasteiger partial charge in [0.25, 0.3) is 5.91 Å². The van der Waals surface area contributed by atoms with Crippen molar-refractivity contribution in [2.45, 2.75) is 31.8 Å². The minimum absolute atomic E-state index is 0.212. The highest BCUT2D eigenvalue weighted by Crippen LogP contribution is 2.20. The van der Waals surface area contributed by atoms with Crippen LogP contribution < -0.4 is 5.73 Å². The van der Waals surface area contributed by atoms with Gasteiger partial charge in [-0.3, -0.25) is 4.79 Å². The van der Waals surface area contributed by atoms with Crippen molar-refractivity contribution in [2.24, 2.45) is 5.73 Å². The largest absolute Gasteiger partial charge is 0.480 e. The van der Waals surface area contributed by atoms with Crippen LogP contribution in [0, 0.1) is 0 Å². The molecule has 0 aromatic heterocycles. The second kappa shape index (κ2) is 5.84. The lowest BCUT2D eigenvalue weighted by atomic mass is 10.0. The van der Waals surface area contributed by atoms with Crippen LogP contribution in [0.3, 0.4) is 0 Å². The van der Waals surface area contributed by atoms with Gasteiger partial charge in [0, 0.05) is 18.7 Å². The van der Waals surface area contributed by atoms with Crippen LogP contribution in [0.2, 0.25) is 0 Å². The van der Waals surface area contributed by atoms with E-state index in [9.17, 15) is 14.7 Å². The Hall–Kier alpha value is -1.88. The number of carbonyl (C=O) groups excluding carboxylic acids is 1. The Bertz CT molecular complexity index is 470. The Morgan fingerprint density at radius 2 is 1.95 bits per heavy atom. The quantitative estimate of drug-likeness (QED) is 0.858. The number of nitrogens with zero attached hydrogens (tertiary/aromatic N) is 1. The molecule has 1 saturated heterocycles. The van der Waals surface area contributed by atoms with E-state index in [0.717, 1.165) is 18.4 Å². The molecule has 102 valence electrons. The standard InChI is InChI=1S/C14H18N2O3/c15-9-10-4-6-11(7-5-10)13(17)16-8-2-1-3-12(16)14(18)19/h4-7,12H,1-3,8-9,15H2,(H,18,19)/t12-/m0/s1. The maximum atomic E-state index is 12.3. The second-order valence-electron chi connectivity index (χ2n) is 4.75. The highest BCUT2D eigenvalue weighted by Gasteiger charge is 2.32. The van der Waals surface area contributed by atoms with Gasteiger partial charge in [0.1, 0.15) is 6.04 Å². The molecule has 0 unspecified atom stereocenters. The Balaban J connectivity index is 2.18. The number of aliphatic carboxylic acids is 1. The van der Waals surface area contributed by atoms with E-state index in [1.165, 1.54) is 4.90 Å². The molecule has 0 spiro atoms. The molecule has 1 heterocycles. The SMILES string of the molecule is NCc1ccc(C(=O)N2CCCC[C@H]2C(=O)O)cc1. The summed E-state index contributed by atoms with van der Waals surface area (Å²) in [6.07, 6.45) is 2.24. The van der Waals surface area contributed by atoms with Crippen molar-refractivity contribution in [1.82, 2.24) is 4.90 Å². The number of amides is 1. The number of carboxylic acids is 1. The van der Waals surface area contributed by atoms with Gasteiger partial charge in [-0.1, -0.05) is 12.1 Å². The summed E-state index contributed by atoms with van der Waals surface area (Å²) in [4.78, 5) is 25.0. The van der Waals surface area contributed by atoms with E-state index in [4.69, 9.17) is 5.73 Å². The van der Waals surface area contributed by atoms with Crippen LogP contribution in [0.15, 0.2) is 24.3 Å². The maximum Gasteiger partial charge on any atom is 0.326 e. The van der Waals surface area contributed by atoms with Crippen LogP contribution in [0.25, 0.3) is 0 Å². The molecule has 1 atom stereocenters. The van der Waals surface area contributed by atoms with Crippen LogP contribution in [-0.4, -0.2) is 34.5 Å². The lowest BCUT2D eigenvalue weighted by molar-refractivity contribution is -0.143. The second-order valence-corrected chi connectivity index (χ2v) is 4.75. The zero-order valence-electron chi connectivity index (χ0n) is 10.7. The summed E-state index contributed by atoms with van der Waals surface area (Å²) in [6.45, 7) is 0.935. The number of hydrogen-bond acceptors (Lipinski definition) is 3. The van der Waals surface area contributed by atoms with Crippen LogP contribution in [0.4, 0.5) is 0 Å². The zero-order chi connectivity index (χ0) is 13.8. The molecule has 1 aromatic carbocycles. The molecule has 2 rings (SSSR count). The minimum atomic E-state index is -0.924. The third kappa shape index (κ3) is 2.93. The topological polar surface area (TPSA) is 83.6 Å². The van der Waals surface area contributed by atoms with Crippen molar-refractivity contribution in [3.8, 4) is 0 Å². The molecule has 19 heavy (non-hydrogen) atoms. The molecular weight excluding hydrogens is 244 g/mol. The highest BCUT2D eigenvalue weighted by atomic mass is 16.4. The lowest BCUT2D eigenvalue weighted by Gasteiger charge is -2.33. The first-order chi connectivity index (χ1) is 9.13. The molecule has 0 bridgehead atoms. The van der Waals surface area contributed by atoms with Gasteiger partial charge in [-0.15, -0.1) is 0 Å². The summed E-state index contributed by atoms with van der Waals surface area (Å²) in [5.41, 5.74) is 6.98. The fourth-order valence-electron chi connectivity index (χ4n) is 2.38. The van der Waals surface area contributed by atoms with Crippen LogP contribution in [0.1, 0.15) is 35.2 Å². The predicted molar refractivity (Wildman–Crippen MR) is 70.6 cm³/mol. The number of piperidine rings is 1. The Morgan fingerprint density at radius 3 is 2.53 bits per heavy atom. The number of likely N-dealkylation sites (tertiary alicyclic amines) is 1. The minimum Gasteiger partial charge on any atom is -0.480 e. The van der Waals surface area contributed by atoms with Gasteiger partial charge < -0.3 is 15.7 Å². The molecule has 1 aliphatic rings. The Labute approximate surface area is 112 Å². The molecule has 1 aromatic rings. The monoisotopic (exact) mass is 262 g/mol. The number of rotatable bonds is 3. The van der Waals surface area contributed by atoms with E-state index in [-0.39, 0.29) is 5.91 Å². The molecule has 5 nitrogen and oxygen atoms in total. The number of carboxylic acid groups (broad SMARTS) is 1. The van der Waals surface area contributed by atoms with Crippen LogP contribution in [0.5, 0.6) is 0 Å². The maximum absolute atomic E-state index is 12.3. The number of nitrogens with two attached hydrogens (primary N) is 1. The van der Waals surface area contributed by atoms with Gasteiger partial charge in [0.15, 0.2) is 0 Å². The van der Waals surface area contributed by atoms with Gasteiger partial charge in [0.05, 0.1) is 0 Å². The summed E-state index contributed by atoms with van der Waals surface area (Å²) in [7, 11) is 0. The van der Waals surface area contributed by atoms with E-state index >= 15 is 0 Å². The molecule has 0 radical (unpaired) electrons. The number of benzene rings is 1. The summed E-state index contributed by atoms with van der Waals surface area (Å²) in [5, 5.41) is 9.18. The summed E-state index contributed by atoms with van der Waals surface area (Å²) >= 11 is 0. The van der Waals surface area contributed by atoms with Gasteiger partial charge in [-0.05, 0) is 37.0 Å². The van der Waals surface area contributed by atoms with E-state index in [1.807, 2.05) is 0 Å². The molecule has 0 saturated carbocycles. The number of carbonyl (C=O) groups is 2. The fourth-order valence-corrected chi connectivity index (χ4v) is 2.38. The van der Waals surface area contributed by atoms with Crippen molar-refractivity contribution in [1.29, 1.82) is 0 Å². The Kier molecular flexibility index (Phi) is 4.16. The van der Waals surface area contributed by atoms with Crippen molar-refractivity contribution in [3.63, 3.8) is 0 Å². The fraction of sp³-hybridized carbons (Fsp3) is 0.429. The Morgan fingerprint density at radius 1 is 1.26 bits per heavy atom. The van der Waals surface area contributed by atoms with Crippen molar-refractivity contribution >= 4 is 11.9 Å². The average molecular weight is 262 g/mol. The average Bonchev–Trinajstić information content (AvgIpc) is 2.46. The smallest absolute Gasteiger partial charge is 0.326 e. The molecule has 1 amide bonds. The van der Waals surface area contributed by atoms with Gasteiger partial charge >= 0.3 is 5.97 Å². The lowest BCUT2D eigenvalue weighted by Crippen LogP contribution is -2.47. The first-order valence-corrected chi connectivity index (χ1v) is 6.46. The van der Waals surface area contributed by atoms with Gasteiger partial charge in [-0.25, -0.2) is 4.79 Å². The van der Waals surface area contributed by atoms with Crippen molar-refractivity contribution < 1.29 is 14.7 Å². The predicted octanol–water partition coefficient (Wildman–Crippen LogP) is 1.22. The third-order valence-electron chi connectivity index (χ3n) is 3.49.